The third-order valence-electron chi connectivity index (χ3n) is 10.7. The van der Waals surface area contributed by atoms with Crippen molar-refractivity contribution in [3.8, 4) is 56.4 Å². The molecule has 0 unspecified atom stereocenters. The summed E-state index contributed by atoms with van der Waals surface area (Å²) in [5, 5.41) is 9.50. The normalized spacial score (nSPS) is 11.6. The summed E-state index contributed by atoms with van der Waals surface area (Å²) in [6.45, 7) is 0. The zero-order valence-electron chi connectivity index (χ0n) is 29.6. The first-order valence-corrected chi connectivity index (χ1v) is 18.5. The quantitative estimate of drug-likeness (QED) is 0.168. The summed E-state index contributed by atoms with van der Waals surface area (Å²) in [6.07, 6.45) is 0. The Labute approximate surface area is 317 Å². The van der Waals surface area contributed by atoms with Crippen LogP contribution in [0.2, 0.25) is 0 Å². The van der Waals surface area contributed by atoms with Gasteiger partial charge in [0.15, 0.2) is 17.5 Å². The van der Waals surface area contributed by atoms with Crippen LogP contribution in [-0.2, 0) is 0 Å². The molecule has 2 aromatic heterocycles. The molecular weight excluding hydrogens is 671 g/mol. The maximum Gasteiger partial charge on any atom is 0.164 e. The molecule has 55 heavy (non-hydrogen) atoms. The van der Waals surface area contributed by atoms with Gasteiger partial charge in [-0.05, 0) is 67.2 Å². The molecule has 0 bridgehead atoms. The van der Waals surface area contributed by atoms with Crippen molar-refractivity contribution >= 4 is 54.3 Å². The third-order valence-corrected chi connectivity index (χ3v) is 10.7. The molecule has 2 heterocycles. The first kappa shape index (κ1) is 31.1. The maximum absolute atomic E-state index is 6.55. The van der Waals surface area contributed by atoms with Gasteiger partial charge in [0.1, 0.15) is 11.2 Å². The fourth-order valence-corrected chi connectivity index (χ4v) is 8.11. The number of aromatic nitrogens is 3. The van der Waals surface area contributed by atoms with E-state index in [0.29, 0.717) is 17.5 Å². The molecule has 0 aliphatic rings. The Morgan fingerprint density at radius 2 is 0.709 bits per heavy atom. The molecule has 4 nitrogen and oxygen atoms in total. The molecule has 0 atom stereocenters. The highest BCUT2D eigenvalue weighted by Gasteiger charge is 2.19. The highest BCUT2D eigenvalue weighted by atomic mass is 16.3. The Morgan fingerprint density at radius 3 is 1.31 bits per heavy atom. The van der Waals surface area contributed by atoms with Crippen LogP contribution in [0.4, 0.5) is 0 Å². The largest absolute Gasteiger partial charge is 0.455 e. The minimum atomic E-state index is 0.639. The molecule has 0 aliphatic heterocycles. The molecule has 0 fully saturated rings. The predicted molar refractivity (Wildman–Crippen MR) is 227 cm³/mol. The Bertz CT molecular complexity index is 3180. The molecule has 4 heteroatoms. The SMILES string of the molecule is c1ccc(-c2nc(-c3ccccc3)nc(-c3ccc(-c4cc5c6ccccc6c(-c6cccc7c6oc6ccccc67)cc5c5ccccc45)cc3)n2)cc1. The molecule has 0 aliphatic carbocycles. The third kappa shape index (κ3) is 5.19. The first-order chi connectivity index (χ1) is 27.3. The minimum Gasteiger partial charge on any atom is -0.455 e. The molecule has 0 radical (unpaired) electrons. The summed E-state index contributed by atoms with van der Waals surface area (Å²) in [7, 11) is 0. The summed E-state index contributed by atoms with van der Waals surface area (Å²) in [5.74, 6) is 1.94. The Kier molecular flexibility index (Phi) is 7.14. The van der Waals surface area contributed by atoms with E-state index in [1.807, 2.05) is 72.8 Å². The second-order valence-electron chi connectivity index (χ2n) is 13.9. The fraction of sp³-hybridized carbons (Fsp3) is 0. The van der Waals surface area contributed by atoms with Crippen molar-refractivity contribution in [2.75, 3.05) is 0 Å². The van der Waals surface area contributed by atoms with Crippen LogP contribution in [0, 0.1) is 0 Å². The second-order valence-corrected chi connectivity index (χ2v) is 13.9. The zero-order valence-corrected chi connectivity index (χ0v) is 29.6. The molecule has 0 spiro atoms. The van der Waals surface area contributed by atoms with E-state index in [4.69, 9.17) is 19.4 Å². The summed E-state index contributed by atoms with van der Waals surface area (Å²) < 4.78 is 6.55. The van der Waals surface area contributed by atoms with Crippen LogP contribution >= 0.6 is 0 Å². The molecule has 0 saturated carbocycles. The lowest BCUT2D eigenvalue weighted by atomic mass is 9.87. The molecule has 0 amide bonds. The van der Waals surface area contributed by atoms with Gasteiger partial charge in [-0.3, -0.25) is 0 Å². The standard InChI is InChI=1S/C51H31N3O/c1-3-14-33(15-4-1)49-52-50(34-16-5-2-6-17-34)54-51(53-49)35-28-26-32(27-29-35)43-30-45-39-21-10-9-20-38(39)44(31-46(45)37-19-8-7-18-36(37)43)42-24-13-23-41-40-22-11-12-25-47(40)55-48(41)42/h1-31H. The number of benzene rings is 9. The average Bonchev–Trinajstić information content (AvgIpc) is 3.65. The second kappa shape index (κ2) is 12.6. The van der Waals surface area contributed by atoms with Crippen LogP contribution in [0.5, 0.6) is 0 Å². The van der Waals surface area contributed by atoms with E-state index in [2.05, 4.69) is 115 Å². The van der Waals surface area contributed by atoms with Crippen LogP contribution in [0.25, 0.3) is 111 Å². The van der Waals surface area contributed by atoms with Gasteiger partial charge in [-0.2, -0.15) is 0 Å². The number of para-hydroxylation sites is 2. The van der Waals surface area contributed by atoms with Gasteiger partial charge in [-0.15, -0.1) is 0 Å². The topological polar surface area (TPSA) is 51.8 Å². The summed E-state index contributed by atoms with van der Waals surface area (Å²) >= 11 is 0. The van der Waals surface area contributed by atoms with Gasteiger partial charge in [0.05, 0.1) is 0 Å². The maximum atomic E-state index is 6.55. The van der Waals surface area contributed by atoms with E-state index >= 15 is 0 Å². The fourth-order valence-electron chi connectivity index (χ4n) is 8.11. The van der Waals surface area contributed by atoms with Gasteiger partial charge in [-0.1, -0.05) is 170 Å². The molecule has 0 N–H and O–H groups in total. The monoisotopic (exact) mass is 701 g/mol. The molecule has 11 rings (SSSR count). The molecular formula is C51H31N3O. The van der Waals surface area contributed by atoms with Crippen molar-refractivity contribution in [3.05, 3.63) is 188 Å². The highest BCUT2D eigenvalue weighted by molar-refractivity contribution is 6.25. The van der Waals surface area contributed by atoms with E-state index in [0.717, 1.165) is 55.3 Å². The van der Waals surface area contributed by atoms with Crippen LogP contribution < -0.4 is 0 Å². The Morgan fingerprint density at radius 1 is 0.273 bits per heavy atom. The van der Waals surface area contributed by atoms with E-state index < -0.39 is 0 Å². The lowest BCUT2D eigenvalue weighted by molar-refractivity contribution is 0.670. The molecule has 256 valence electrons. The van der Waals surface area contributed by atoms with Gasteiger partial charge < -0.3 is 4.42 Å². The van der Waals surface area contributed by atoms with Crippen LogP contribution in [0.3, 0.4) is 0 Å². The lowest BCUT2D eigenvalue weighted by Crippen LogP contribution is -2.00. The summed E-state index contributed by atoms with van der Waals surface area (Å²) in [4.78, 5) is 14.8. The average molecular weight is 702 g/mol. The van der Waals surface area contributed by atoms with Gasteiger partial charge in [0.2, 0.25) is 0 Å². The highest BCUT2D eigenvalue weighted by Crippen LogP contribution is 2.44. The number of hydrogen-bond acceptors (Lipinski definition) is 4. The van der Waals surface area contributed by atoms with E-state index in [-0.39, 0.29) is 0 Å². The summed E-state index contributed by atoms with van der Waals surface area (Å²) in [5.41, 5.74) is 9.22. The molecule has 0 saturated heterocycles. The zero-order chi connectivity index (χ0) is 36.3. The van der Waals surface area contributed by atoms with Gasteiger partial charge in [-0.25, -0.2) is 15.0 Å². The Balaban J connectivity index is 1.08. The van der Waals surface area contributed by atoms with Gasteiger partial charge in [0, 0.05) is 33.0 Å². The van der Waals surface area contributed by atoms with E-state index in [9.17, 15) is 0 Å². The van der Waals surface area contributed by atoms with Crippen molar-refractivity contribution in [1.29, 1.82) is 0 Å². The number of fused-ring (bicyclic) bond motifs is 8. The van der Waals surface area contributed by atoms with Crippen LogP contribution in [-0.4, -0.2) is 15.0 Å². The number of furan rings is 1. The predicted octanol–water partition coefficient (Wildman–Crippen LogP) is 13.6. The Hall–Kier alpha value is -7.43. The van der Waals surface area contributed by atoms with Crippen molar-refractivity contribution in [1.82, 2.24) is 15.0 Å². The van der Waals surface area contributed by atoms with Crippen molar-refractivity contribution < 1.29 is 4.42 Å². The summed E-state index contributed by atoms with van der Waals surface area (Å²) in [6, 6.07) is 65.8. The van der Waals surface area contributed by atoms with Crippen molar-refractivity contribution in [2.45, 2.75) is 0 Å². The van der Waals surface area contributed by atoms with Crippen molar-refractivity contribution in [3.63, 3.8) is 0 Å². The van der Waals surface area contributed by atoms with Gasteiger partial charge in [0.25, 0.3) is 0 Å². The van der Waals surface area contributed by atoms with Gasteiger partial charge >= 0.3 is 0 Å². The first-order valence-electron chi connectivity index (χ1n) is 18.5. The number of nitrogens with zero attached hydrogens (tertiary/aromatic N) is 3. The van der Waals surface area contributed by atoms with Crippen LogP contribution in [0.15, 0.2) is 192 Å². The number of hydrogen-bond donors (Lipinski definition) is 0. The molecule has 11 aromatic rings. The minimum absolute atomic E-state index is 0.639. The number of rotatable bonds is 5. The smallest absolute Gasteiger partial charge is 0.164 e. The van der Waals surface area contributed by atoms with Crippen molar-refractivity contribution in [2.24, 2.45) is 0 Å². The van der Waals surface area contributed by atoms with E-state index in [1.54, 1.807) is 0 Å². The van der Waals surface area contributed by atoms with E-state index in [1.165, 1.54) is 37.9 Å². The molecule has 9 aromatic carbocycles. The van der Waals surface area contributed by atoms with Crippen LogP contribution in [0.1, 0.15) is 0 Å². The lowest BCUT2D eigenvalue weighted by Gasteiger charge is -2.16.